The lowest BCUT2D eigenvalue weighted by Crippen LogP contribution is -2.41. The number of aryl methyl sites for hydroxylation is 3. The van der Waals surface area contributed by atoms with Crippen LogP contribution >= 0.6 is 0 Å². The number of esters is 1. The molecule has 41 heavy (non-hydrogen) atoms. The van der Waals surface area contributed by atoms with Crippen molar-refractivity contribution in [3.05, 3.63) is 41.5 Å². The summed E-state index contributed by atoms with van der Waals surface area (Å²) >= 11 is 0. The van der Waals surface area contributed by atoms with Crippen molar-refractivity contribution < 1.29 is 14.3 Å². The van der Waals surface area contributed by atoms with Gasteiger partial charge in [0.05, 0.1) is 11.9 Å². The molecule has 2 aromatic rings. The average Bonchev–Trinajstić information content (AvgIpc) is 2.92. The lowest BCUT2D eigenvalue weighted by molar-refractivity contribution is -0.156. The Kier molecular flexibility index (Phi) is 14.5. The number of nitrogens with one attached hydrogen (secondary N) is 3. The second kappa shape index (κ2) is 17.5. The van der Waals surface area contributed by atoms with Crippen molar-refractivity contribution in [2.75, 3.05) is 43.4 Å². The summed E-state index contributed by atoms with van der Waals surface area (Å²) < 4.78 is 5.70. The molecule has 0 fully saturated rings. The monoisotopic (exact) mass is 569 g/mol. The zero-order valence-corrected chi connectivity index (χ0v) is 26.2. The van der Waals surface area contributed by atoms with Crippen molar-refractivity contribution >= 4 is 23.5 Å². The molecule has 0 saturated carbocycles. The van der Waals surface area contributed by atoms with E-state index in [-0.39, 0.29) is 11.9 Å². The first-order valence-electron chi connectivity index (χ1n) is 15.1. The van der Waals surface area contributed by atoms with Crippen molar-refractivity contribution in [2.24, 2.45) is 0 Å². The van der Waals surface area contributed by atoms with Crippen LogP contribution in [0.5, 0.6) is 0 Å². The van der Waals surface area contributed by atoms with E-state index in [1.54, 1.807) is 12.4 Å². The highest BCUT2D eigenvalue weighted by Crippen LogP contribution is 2.20. The van der Waals surface area contributed by atoms with E-state index in [4.69, 9.17) is 9.72 Å². The minimum atomic E-state index is -0.597. The molecule has 3 N–H and O–H groups in total. The van der Waals surface area contributed by atoms with Crippen LogP contribution in [0.1, 0.15) is 84.2 Å². The molecule has 3 rings (SSSR count). The fraction of sp³-hybridized carbons (Fsp3) is 0.645. The van der Waals surface area contributed by atoms with Gasteiger partial charge in [0.1, 0.15) is 23.3 Å². The third-order valence-electron chi connectivity index (χ3n) is 6.41. The molecule has 0 bridgehead atoms. The van der Waals surface area contributed by atoms with Crippen molar-refractivity contribution in [2.45, 2.75) is 98.6 Å². The van der Waals surface area contributed by atoms with Gasteiger partial charge in [0.2, 0.25) is 5.91 Å². The molecule has 228 valence electrons. The lowest BCUT2D eigenvalue weighted by Gasteiger charge is -2.28. The summed E-state index contributed by atoms with van der Waals surface area (Å²) in [4.78, 5) is 40.2. The summed E-state index contributed by atoms with van der Waals surface area (Å²) in [6, 6.07) is 3.77. The molecule has 1 unspecified atom stereocenters. The number of carbonyl (C=O) groups is 2. The predicted molar refractivity (Wildman–Crippen MR) is 165 cm³/mol. The first-order chi connectivity index (χ1) is 19.6. The first kappa shape index (κ1) is 33.9. The van der Waals surface area contributed by atoms with Crippen molar-refractivity contribution in [1.82, 2.24) is 25.2 Å². The Bertz CT molecular complexity index is 1090. The number of aromatic nitrogens is 3. The molecule has 1 aliphatic rings. The normalized spacial score (nSPS) is 13.3. The number of hydrogen-bond donors (Lipinski definition) is 3. The standard InChI is InChI=1S/C29H45N7O3.C2H6/c1-21-19-30-20-26(33-21)35-25(28(38)39-29(3,4)5)13-17-36(18-15-31-22(2)37)16-7-6-10-24-12-11-23-9-8-14-32-27(23)34-24;1-2/h11-12,19-20,25H,6-10,13-18H2,1-5H3,(H,31,37)(H,32,34)(H,33,35);1-2H3. The number of pyridine rings is 1. The molecule has 0 aromatic carbocycles. The molecule has 10 nitrogen and oxygen atoms in total. The molecule has 1 aliphatic heterocycles. The van der Waals surface area contributed by atoms with Crippen molar-refractivity contribution in [1.29, 1.82) is 0 Å². The zero-order chi connectivity index (χ0) is 30.3. The number of fused-ring (bicyclic) bond motifs is 1. The summed E-state index contributed by atoms with van der Waals surface area (Å²) in [6.07, 6.45) is 8.98. The molecule has 0 radical (unpaired) electrons. The van der Waals surface area contributed by atoms with Gasteiger partial charge >= 0.3 is 5.97 Å². The van der Waals surface area contributed by atoms with Gasteiger partial charge < -0.3 is 25.6 Å². The van der Waals surface area contributed by atoms with Gasteiger partial charge in [-0.05, 0) is 84.4 Å². The molecule has 10 heteroatoms. The van der Waals surface area contributed by atoms with E-state index >= 15 is 0 Å². The van der Waals surface area contributed by atoms with Gasteiger partial charge in [0, 0.05) is 45.0 Å². The Balaban J connectivity index is 0.00000287. The number of amides is 1. The molecule has 1 atom stereocenters. The second-order valence-electron chi connectivity index (χ2n) is 11.2. The van der Waals surface area contributed by atoms with Crippen LogP contribution in [0.3, 0.4) is 0 Å². The van der Waals surface area contributed by atoms with Gasteiger partial charge in [-0.1, -0.05) is 19.9 Å². The van der Waals surface area contributed by atoms with Gasteiger partial charge in [-0.2, -0.15) is 0 Å². The van der Waals surface area contributed by atoms with Gasteiger partial charge in [-0.3, -0.25) is 9.78 Å². The Hall–Kier alpha value is -3.27. The SMILES string of the molecule is CC.CC(=O)NCCN(CCCCc1ccc2c(n1)NCCC2)CCC(Nc1cncc(C)n1)C(=O)OC(C)(C)C. The van der Waals surface area contributed by atoms with E-state index in [1.807, 2.05) is 41.5 Å². The molecule has 0 spiro atoms. The molecule has 1 amide bonds. The van der Waals surface area contributed by atoms with Gasteiger partial charge in [-0.25, -0.2) is 14.8 Å². The van der Waals surface area contributed by atoms with Crippen LogP contribution in [0.4, 0.5) is 11.6 Å². The molecule has 0 aliphatic carbocycles. The second-order valence-corrected chi connectivity index (χ2v) is 11.2. The average molecular weight is 570 g/mol. The van der Waals surface area contributed by atoms with Crippen LogP contribution in [0.15, 0.2) is 24.5 Å². The van der Waals surface area contributed by atoms with E-state index in [0.717, 1.165) is 62.4 Å². The topological polar surface area (TPSA) is 121 Å². The van der Waals surface area contributed by atoms with Crippen LogP contribution in [0.25, 0.3) is 0 Å². The summed E-state index contributed by atoms with van der Waals surface area (Å²) in [5.74, 6) is 1.21. The highest BCUT2D eigenvalue weighted by molar-refractivity contribution is 5.79. The van der Waals surface area contributed by atoms with Crippen molar-refractivity contribution in [3.63, 3.8) is 0 Å². The minimum absolute atomic E-state index is 0.0478. The van der Waals surface area contributed by atoms with Crippen LogP contribution in [-0.2, 0) is 27.2 Å². The number of rotatable bonds is 14. The fourth-order valence-corrected chi connectivity index (χ4v) is 4.52. The Morgan fingerprint density at radius 1 is 1.10 bits per heavy atom. The van der Waals surface area contributed by atoms with Crippen molar-refractivity contribution in [3.8, 4) is 0 Å². The summed E-state index contributed by atoms with van der Waals surface area (Å²) in [6.45, 7) is 16.7. The minimum Gasteiger partial charge on any atom is -0.458 e. The van der Waals surface area contributed by atoms with E-state index in [1.165, 1.54) is 12.5 Å². The Labute approximate surface area is 246 Å². The molecule has 2 aromatic heterocycles. The van der Waals surface area contributed by atoms with Crippen LogP contribution in [0, 0.1) is 6.92 Å². The summed E-state index contributed by atoms with van der Waals surface area (Å²) in [5.41, 5.74) is 2.59. The number of ether oxygens (including phenoxy) is 1. The Morgan fingerprint density at radius 2 is 1.88 bits per heavy atom. The predicted octanol–water partition coefficient (Wildman–Crippen LogP) is 4.54. The maximum Gasteiger partial charge on any atom is 0.329 e. The number of carbonyl (C=O) groups excluding carboxylic acids is 2. The molecular formula is C31H51N7O3. The van der Waals surface area contributed by atoms with Gasteiger partial charge in [0.15, 0.2) is 0 Å². The molecule has 3 heterocycles. The van der Waals surface area contributed by atoms with E-state index in [0.29, 0.717) is 31.9 Å². The molecular weight excluding hydrogens is 518 g/mol. The van der Waals surface area contributed by atoms with Crippen LogP contribution < -0.4 is 16.0 Å². The summed E-state index contributed by atoms with van der Waals surface area (Å²) in [7, 11) is 0. The quantitative estimate of drug-likeness (QED) is 0.222. The van der Waals surface area contributed by atoms with Gasteiger partial charge in [0.25, 0.3) is 0 Å². The smallest absolute Gasteiger partial charge is 0.329 e. The fourth-order valence-electron chi connectivity index (χ4n) is 4.52. The first-order valence-corrected chi connectivity index (χ1v) is 15.1. The number of anilines is 2. The van der Waals surface area contributed by atoms with E-state index < -0.39 is 11.6 Å². The number of nitrogens with zero attached hydrogens (tertiary/aromatic N) is 4. The lowest BCUT2D eigenvalue weighted by atomic mass is 10.1. The highest BCUT2D eigenvalue weighted by atomic mass is 16.6. The third kappa shape index (κ3) is 13.3. The maximum atomic E-state index is 13.1. The maximum absolute atomic E-state index is 13.1. The van der Waals surface area contributed by atoms with Crippen LogP contribution in [-0.4, -0.2) is 76.1 Å². The zero-order valence-electron chi connectivity index (χ0n) is 26.2. The van der Waals surface area contributed by atoms with E-state index in [9.17, 15) is 9.59 Å². The van der Waals surface area contributed by atoms with Gasteiger partial charge in [-0.15, -0.1) is 0 Å². The number of unbranched alkanes of at least 4 members (excludes halogenated alkanes) is 1. The summed E-state index contributed by atoms with van der Waals surface area (Å²) in [5, 5.41) is 9.52. The highest BCUT2D eigenvalue weighted by Gasteiger charge is 2.26. The Morgan fingerprint density at radius 3 is 2.59 bits per heavy atom. The van der Waals surface area contributed by atoms with E-state index in [2.05, 4.69) is 43.0 Å². The largest absolute Gasteiger partial charge is 0.458 e. The van der Waals surface area contributed by atoms with Crippen LogP contribution in [0.2, 0.25) is 0 Å². The molecule has 0 saturated heterocycles. The number of hydrogen-bond acceptors (Lipinski definition) is 9. The third-order valence-corrected chi connectivity index (χ3v) is 6.41.